The monoisotopic (exact) mass is 461 g/mol. The van der Waals surface area contributed by atoms with E-state index in [1.165, 1.54) is 18.4 Å². The van der Waals surface area contributed by atoms with Crippen molar-refractivity contribution in [2.45, 2.75) is 39.7 Å². The van der Waals surface area contributed by atoms with Gasteiger partial charge in [-0.2, -0.15) is 0 Å². The lowest BCUT2D eigenvalue weighted by Gasteiger charge is -2.37. The molecule has 6 heteroatoms. The van der Waals surface area contributed by atoms with E-state index < -0.39 is 0 Å². The number of rotatable bonds is 9. The average molecular weight is 462 g/mol. The molecule has 34 heavy (non-hydrogen) atoms. The van der Waals surface area contributed by atoms with Crippen LogP contribution < -0.4 is 10.1 Å². The van der Waals surface area contributed by atoms with Crippen molar-refractivity contribution in [2.24, 2.45) is 11.8 Å². The fourth-order valence-corrected chi connectivity index (χ4v) is 4.25. The quantitative estimate of drug-likeness (QED) is 0.451. The Morgan fingerprint density at radius 1 is 1.12 bits per heavy atom. The van der Waals surface area contributed by atoms with E-state index in [1.54, 1.807) is 6.07 Å². The van der Waals surface area contributed by atoms with E-state index in [9.17, 15) is 4.79 Å². The molecule has 0 bridgehead atoms. The Kier molecular flexibility index (Phi) is 8.01. The van der Waals surface area contributed by atoms with Gasteiger partial charge in [0.2, 0.25) is 0 Å². The van der Waals surface area contributed by atoms with Gasteiger partial charge in [0.1, 0.15) is 5.75 Å². The second-order valence-electron chi connectivity index (χ2n) is 9.66. The molecule has 1 unspecified atom stereocenters. The van der Waals surface area contributed by atoms with Crippen LogP contribution in [0.4, 0.5) is 0 Å². The summed E-state index contributed by atoms with van der Waals surface area (Å²) in [7, 11) is 0. The summed E-state index contributed by atoms with van der Waals surface area (Å²) in [6.45, 7) is 9.83. The summed E-state index contributed by atoms with van der Waals surface area (Å²) in [5.74, 6) is 2.37. The van der Waals surface area contributed by atoms with Crippen molar-refractivity contribution in [3.8, 4) is 17.1 Å². The van der Waals surface area contributed by atoms with Gasteiger partial charge in [-0.1, -0.05) is 56.3 Å². The van der Waals surface area contributed by atoms with E-state index in [0.29, 0.717) is 24.8 Å². The summed E-state index contributed by atoms with van der Waals surface area (Å²) in [4.78, 5) is 15.4. The van der Waals surface area contributed by atoms with Crippen LogP contribution in [0.25, 0.3) is 11.3 Å². The first-order valence-corrected chi connectivity index (χ1v) is 12.3. The number of nitrogens with one attached hydrogen (secondary N) is 1. The zero-order valence-corrected chi connectivity index (χ0v) is 20.4. The van der Waals surface area contributed by atoms with E-state index in [-0.39, 0.29) is 17.6 Å². The molecule has 1 aliphatic heterocycles. The Balaban J connectivity index is 1.39. The number of hydrogen-bond donors (Lipinski definition) is 1. The molecule has 1 N–H and O–H groups in total. The zero-order valence-electron chi connectivity index (χ0n) is 20.4. The zero-order chi connectivity index (χ0) is 23.9. The Labute approximate surface area is 202 Å². The fraction of sp³-hybridized carbons (Fsp3) is 0.429. The minimum atomic E-state index is -0.224. The first-order chi connectivity index (χ1) is 16.5. The Morgan fingerprint density at radius 2 is 1.82 bits per heavy atom. The number of benzene rings is 2. The van der Waals surface area contributed by atoms with Crippen LogP contribution >= 0.6 is 0 Å². The maximum absolute atomic E-state index is 12.9. The molecule has 1 aromatic heterocycles. The average Bonchev–Trinajstić information content (AvgIpc) is 3.35. The number of carbonyl (C=O) groups is 1. The number of ether oxygens (including phenoxy) is 1. The third-order valence-corrected chi connectivity index (χ3v) is 6.36. The van der Waals surface area contributed by atoms with Crippen LogP contribution in [0.3, 0.4) is 0 Å². The third kappa shape index (κ3) is 6.26. The van der Waals surface area contributed by atoms with E-state index in [4.69, 9.17) is 9.26 Å². The number of piperidine rings is 1. The van der Waals surface area contributed by atoms with Gasteiger partial charge in [-0.3, -0.25) is 9.69 Å². The van der Waals surface area contributed by atoms with Crippen LogP contribution in [0.5, 0.6) is 5.75 Å². The molecule has 6 nitrogen and oxygen atoms in total. The van der Waals surface area contributed by atoms with Crippen molar-refractivity contribution in [3.63, 3.8) is 0 Å². The number of carbonyl (C=O) groups excluding carboxylic acids is 1. The van der Waals surface area contributed by atoms with Gasteiger partial charge in [-0.25, -0.2) is 0 Å². The maximum atomic E-state index is 12.9. The van der Waals surface area contributed by atoms with Crippen molar-refractivity contribution in [1.29, 1.82) is 0 Å². The molecule has 0 spiro atoms. The highest BCUT2D eigenvalue weighted by Crippen LogP contribution is 2.27. The highest BCUT2D eigenvalue weighted by Gasteiger charge is 2.25. The van der Waals surface area contributed by atoms with E-state index in [2.05, 4.69) is 60.4 Å². The first-order valence-electron chi connectivity index (χ1n) is 12.3. The van der Waals surface area contributed by atoms with Crippen LogP contribution in [-0.2, 0) is 0 Å². The van der Waals surface area contributed by atoms with Gasteiger partial charge in [0.15, 0.2) is 11.5 Å². The van der Waals surface area contributed by atoms with Crippen molar-refractivity contribution < 1.29 is 14.1 Å². The minimum Gasteiger partial charge on any atom is -0.493 e. The molecule has 0 radical (unpaired) electrons. The van der Waals surface area contributed by atoms with Crippen molar-refractivity contribution in [1.82, 2.24) is 15.4 Å². The molecule has 1 atom stereocenters. The largest absolute Gasteiger partial charge is 0.493 e. The van der Waals surface area contributed by atoms with E-state index in [0.717, 1.165) is 30.3 Å². The summed E-state index contributed by atoms with van der Waals surface area (Å²) in [5, 5.41) is 7.10. The topological polar surface area (TPSA) is 67.6 Å². The highest BCUT2D eigenvalue weighted by molar-refractivity contribution is 5.93. The molecule has 0 saturated carbocycles. The fourth-order valence-electron chi connectivity index (χ4n) is 4.25. The molecule has 180 valence electrons. The van der Waals surface area contributed by atoms with Crippen LogP contribution in [0.2, 0.25) is 0 Å². The predicted octanol–water partition coefficient (Wildman–Crippen LogP) is 5.58. The van der Waals surface area contributed by atoms with Gasteiger partial charge in [0, 0.05) is 18.2 Å². The summed E-state index contributed by atoms with van der Waals surface area (Å²) in [6.07, 6.45) is 2.37. The summed E-state index contributed by atoms with van der Waals surface area (Å²) < 4.78 is 11.2. The Bertz CT molecular complexity index is 1040. The van der Waals surface area contributed by atoms with Crippen LogP contribution in [0.1, 0.15) is 55.7 Å². The van der Waals surface area contributed by atoms with Crippen LogP contribution in [0, 0.1) is 11.8 Å². The smallest absolute Gasteiger partial charge is 0.273 e. The van der Waals surface area contributed by atoms with E-state index in [1.807, 2.05) is 30.3 Å². The Morgan fingerprint density at radius 3 is 2.50 bits per heavy atom. The van der Waals surface area contributed by atoms with Gasteiger partial charge in [-0.15, -0.1) is 0 Å². The lowest BCUT2D eigenvalue weighted by atomic mass is 9.95. The van der Waals surface area contributed by atoms with E-state index >= 15 is 0 Å². The van der Waals surface area contributed by atoms with Gasteiger partial charge < -0.3 is 14.6 Å². The third-order valence-electron chi connectivity index (χ3n) is 6.36. The molecule has 4 rings (SSSR count). The van der Waals surface area contributed by atoms with Crippen molar-refractivity contribution >= 4 is 5.91 Å². The second-order valence-corrected chi connectivity index (χ2v) is 9.66. The van der Waals surface area contributed by atoms with Crippen LogP contribution in [0.15, 0.2) is 65.2 Å². The molecular weight excluding hydrogens is 426 g/mol. The van der Waals surface area contributed by atoms with Gasteiger partial charge in [-0.05, 0) is 67.6 Å². The molecule has 0 aliphatic carbocycles. The summed E-state index contributed by atoms with van der Waals surface area (Å²) in [6, 6.07) is 19.9. The normalized spacial score (nSPS) is 15.9. The first kappa shape index (κ1) is 24.0. The lowest BCUT2D eigenvalue weighted by Crippen LogP contribution is -2.42. The summed E-state index contributed by atoms with van der Waals surface area (Å²) >= 11 is 0. The molecule has 1 saturated heterocycles. The lowest BCUT2D eigenvalue weighted by molar-refractivity contribution is 0.0904. The standard InChI is InChI=1S/C28H35N3O3/c1-20(2)19-33-24-11-9-23(10-12-24)27-17-25(30-34-27)28(32)29-18-26(22-7-5-4-6-8-22)31-15-13-21(3)14-16-31/h4-12,17,20-21,26H,13-16,18-19H2,1-3H3,(H,29,32). The molecule has 1 amide bonds. The van der Waals surface area contributed by atoms with Crippen molar-refractivity contribution in [3.05, 3.63) is 71.9 Å². The number of aromatic nitrogens is 1. The molecule has 1 fully saturated rings. The Hall–Kier alpha value is -3.12. The van der Waals surface area contributed by atoms with Gasteiger partial charge >= 0.3 is 0 Å². The second kappa shape index (κ2) is 11.3. The van der Waals surface area contributed by atoms with Gasteiger partial charge in [0.25, 0.3) is 5.91 Å². The molecule has 2 aromatic carbocycles. The maximum Gasteiger partial charge on any atom is 0.273 e. The summed E-state index contributed by atoms with van der Waals surface area (Å²) in [5.41, 5.74) is 2.36. The van der Waals surface area contributed by atoms with Crippen LogP contribution in [-0.4, -0.2) is 42.2 Å². The number of amides is 1. The number of nitrogens with zero attached hydrogens (tertiary/aromatic N) is 2. The molecule has 3 aromatic rings. The van der Waals surface area contributed by atoms with Gasteiger partial charge in [0.05, 0.1) is 12.6 Å². The van der Waals surface area contributed by atoms with Crippen molar-refractivity contribution in [2.75, 3.05) is 26.2 Å². The molecular formula is C28H35N3O3. The number of hydrogen-bond acceptors (Lipinski definition) is 5. The minimum absolute atomic E-state index is 0.141. The number of likely N-dealkylation sites (tertiary alicyclic amines) is 1. The predicted molar refractivity (Wildman–Crippen MR) is 134 cm³/mol. The SMILES string of the molecule is CC(C)COc1ccc(-c2cc(C(=O)NCC(c3ccccc3)N3CCC(C)CC3)no2)cc1. The molecule has 1 aliphatic rings. The highest BCUT2D eigenvalue weighted by atomic mass is 16.5. The molecule has 2 heterocycles.